The van der Waals surface area contributed by atoms with Gasteiger partial charge in [-0.2, -0.15) is 18.3 Å². The molecule has 28 heavy (non-hydrogen) atoms. The van der Waals surface area contributed by atoms with Crippen molar-refractivity contribution >= 4 is 21.4 Å². The summed E-state index contributed by atoms with van der Waals surface area (Å²) in [5.74, 6) is 0.109. The highest BCUT2D eigenvalue weighted by Crippen LogP contribution is 2.30. The van der Waals surface area contributed by atoms with Crippen LogP contribution in [0.25, 0.3) is 11.2 Å². The third-order valence-corrected chi connectivity index (χ3v) is 5.23. The van der Waals surface area contributed by atoms with E-state index in [0.717, 1.165) is 29.2 Å². The number of rotatable bonds is 4. The number of nitrogens with one attached hydrogen (secondary N) is 1. The molecule has 0 aliphatic carbocycles. The first-order valence-electron chi connectivity index (χ1n) is 7.92. The summed E-state index contributed by atoms with van der Waals surface area (Å²) in [7, 11) is -4.02. The molecule has 1 N–H and O–H groups in total. The van der Waals surface area contributed by atoms with E-state index in [1.54, 1.807) is 30.5 Å². The Labute approximate surface area is 157 Å². The van der Waals surface area contributed by atoms with Gasteiger partial charge in [0.2, 0.25) is 0 Å². The molecule has 0 amide bonds. The van der Waals surface area contributed by atoms with Gasteiger partial charge < -0.3 is 0 Å². The van der Waals surface area contributed by atoms with Gasteiger partial charge in [-0.15, -0.1) is 5.10 Å². The van der Waals surface area contributed by atoms with Crippen molar-refractivity contribution in [3.05, 3.63) is 72.7 Å². The van der Waals surface area contributed by atoms with Crippen LogP contribution >= 0.6 is 0 Å². The lowest BCUT2D eigenvalue weighted by atomic mass is 10.2. The second-order valence-electron chi connectivity index (χ2n) is 5.87. The van der Waals surface area contributed by atoms with Crippen LogP contribution in [0.5, 0.6) is 0 Å². The number of pyridine rings is 1. The van der Waals surface area contributed by atoms with E-state index in [2.05, 4.69) is 14.9 Å². The summed E-state index contributed by atoms with van der Waals surface area (Å²) in [5, 5.41) is 7.97. The Morgan fingerprint density at radius 2 is 1.86 bits per heavy atom. The fourth-order valence-electron chi connectivity index (χ4n) is 2.60. The first-order valence-corrected chi connectivity index (χ1v) is 9.40. The topological polar surface area (TPSA) is 81.3 Å². The van der Waals surface area contributed by atoms with Crippen LogP contribution in [0.1, 0.15) is 5.56 Å². The number of aromatic nitrogens is 4. The van der Waals surface area contributed by atoms with Crippen molar-refractivity contribution in [2.45, 2.75) is 11.1 Å². The summed E-state index contributed by atoms with van der Waals surface area (Å²) in [6.45, 7) is 0. The highest BCUT2D eigenvalue weighted by Gasteiger charge is 2.30. The molecule has 0 aliphatic rings. The lowest BCUT2D eigenvalue weighted by Crippen LogP contribution is -2.12. The molecular weight excluding hydrogens is 395 g/mol. The SMILES string of the molecule is O=S(=O)(Nc1cc2ccccn2n1)c1cnn(-c2cccc(C(F)(F)F)c2)c1. The van der Waals surface area contributed by atoms with Crippen LogP contribution in [0, 0.1) is 0 Å². The van der Waals surface area contributed by atoms with Gasteiger partial charge in [0.15, 0.2) is 5.82 Å². The molecule has 0 spiro atoms. The lowest BCUT2D eigenvalue weighted by molar-refractivity contribution is -0.137. The van der Waals surface area contributed by atoms with Gasteiger partial charge in [0.05, 0.1) is 29.2 Å². The number of sulfonamides is 1. The summed E-state index contributed by atoms with van der Waals surface area (Å²) >= 11 is 0. The molecule has 0 atom stereocenters. The predicted octanol–water partition coefficient (Wildman–Crippen LogP) is 3.34. The normalized spacial score (nSPS) is 12.4. The van der Waals surface area contributed by atoms with Gasteiger partial charge in [0.25, 0.3) is 10.0 Å². The molecule has 0 saturated heterocycles. The molecule has 11 heteroatoms. The van der Waals surface area contributed by atoms with E-state index in [-0.39, 0.29) is 16.4 Å². The maximum absolute atomic E-state index is 12.9. The Kier molecular flexibility index (Phi) is 4.11. The van der Waals surface area contributed by atoms with Gasteiger partial charge in [0, 0.05) is 12.3 Å². The van der Waals surface area contributed by atoms with Crippen LogP contribution in [0.3, 0.4) is 0 Å². The third-order valence-electron chi connectivity index (χ3n) is 3.92. The van der Waals surface area contributed by atoms with Crippen molar-refractivity contribution < 1.29 is 21.6 Å². The van der Waals surface area contributed by atoms with E-state index in [1.807, 2.05) is 0 Å². The standard InChI is InChI=1S/C17H12F3N5O2S/c18-17(19,20)12-4-3-6-13(8-12)25-11-15(10-21-25)28(26,27)23-16-9-14-5-1-2-7-24(14)22-16/h1-11H,(H,22,23). The second-order valence-corrected chi connectivity index (χ2v) is 7.56. The number of alkyl halides is 3. The van der Waals surface area contributed by atoms with E-state index in [0.29, 0.717) is 5.52 Å². The van der Waals surface area contributed by atoms with Crippen molar-refractivity contribution in [3.8, 4) is 5.69 Å². The highest BCUT2D eigenvalue weighted by atomic mass is 32.2. The fourth-order valence-corrected chi connectivity index (χ4v) is 3.51. The number of hydrogen-bond donors (Lipinski definition) is 1. The van der Waals surface area contributed by atoms with Crippen molar-refractivity contribution in [2.24, 2.45) is 0 Å². The molecular formula is C17H12F3N5O2S. The van der Waals surface area contributed by atoms with Crippen molar-refractivity contribution in [1.82, 2.24) is 19.4 Å². The molecule has 7 nitrogen and oxygen atoms in total. The maximum Gasteiger partial charge on any atom is 0.416 e. The first kappa shape index (κ1) is 18.0. The van der Waals surface area contributed by atoms with Crippen LogP contribution in [-0.4, -0.2) is 27.8 Å². The van der Waals surface area contributed by atoms with Gasteiger partial charge in [-0.1, -0.05) is 12.1 Å². The van der Waals surface area contributed by atoms with E-state index >= 15 is 0 Å². The van der Waals surface area contributed by atoms with Gasteiger partial charge in [-0.3, -0.25) is 4.72 Å². The summed E-state index contributed by atoms with van der Waals surface area (Å²) in [5.41, 5.74) is -0.0726. The zero-order valence-electron chi connectivity index (χ0n) is 14.0. The molecule has 3 heterocycles. The van der Waals surface area contributed by atoms with Crippen LogP contribution in [0.4, 0.5) is 19.0 Å². The smallest absolute Gasteiger partial charge is 0.262 e. The Hall–Kier alpha value is -3.34. The molecule has 4 rings (SSSR count). The molecule has 3 aromatic heterocycles. The number of halogens is 3. The molecule has 0 unspecified atom stereocenters. The van der Waals surface area contributed by atoms with E-state index < -0.39 is 21.8 Å². The average molecular weight is 407 g/mol. The first-order chi connectivity index (χ1) is 13.2. The van der Waals surface area contributed by atoms with E-state index in [1.165, 1.54) is 16.6 Å². The zero-order chi connectivity index (χ0) is 19.9. The molecule has 0 radical (unpaired) electrons. The molecule has 144 valence electrons. The minimum Gasteiger partial charge on any atom is -0.262 e. The van der Waals surface area contributed by atoms with Gasteiger partial charge >= 0.3 is 6.18 Å². The number of benzene rings is 1. The van der Waals surface area contributed by atoms with Gasteiger partial charge in [0.1, 0.15) is 4.90 Å². The molecule has 1 aromatic carbocycles. The molecule has 4 aromatic rings. The fraction of sp³-hybridized carbons (Fsp3) is 0.0588. The van der Waals surface area contributed by atoms with Crippen LogP contribution < -0.4 is 4.72 Å². The number of fused-ring (bicyclic) bond motifs is 1. The molecule has 0 saturated carbocycles. The van der Waals surface area contributed by atoms with Crippen LogP contribution in [-0.2, 0) is 16.2 Å². The van der Waals surface area contributed by atoms with Crippen molar-refractivity contribution in [1.29, 1.82) is 0 Å². The molecule has 0 fully saturated rings. The van der Waals surface area contributed by atoms with Crippen molar-refractivity contribution in [3.63, 3.8) is 0 Å². The second kappa shape index (κ2) is 6.37. The Morgan fingerprint density at radius 1 is 1.04 bits per heavy atom. The predicted molar refractivity (Wildman–Crippen MR) is 94.6 cm³/mol. The van der Waals surface area contributed by atoms with Crippen molar-refractivity contribution in [2.75, 3.05) is 4.72 Å². The van der Waals surface area contributed by atoms with Gasteiger partial charge in [-0.25, -0.2) is 17.6 Å². The summed E-state index contributed by atoms with van der Waals surface area (Å²) in [6.07, 6.45) is -0.659. The Morgan fingerprint density at radius 3 is 2.61 bits per heavy atom. The third kappa shape index (κ3) is 3.43. The summed E-state index contributed by atoms with van der Waals surface area (Å²) in [6, 6.07) is 11.3. The maximum atomic E-state index is 12.9. The summed E-state index contributed by atoms with van der Waals surface area (Å²) < 4.78 is 68.6. The number of anilines is 1. The Balaban J connectivity index is 1.63. The largest absolute Gasteiger partial charge is 0.416 e. The van der Waals surface area contributed by atoms with Crippen LogP contribution in [0.15, 0.2) is 72.0 Å². The van der Waals surface area contributed by atoms with Crippen LogP contribution in [0.2, 0.25) is 0 Å². The molecule has 0 bridgehead atoms. The molecule has 0 aliphatic heterocycles. The minimum atomic E-state index is -4.51. The lowest BCUT2D eigenvalue weighted by Gasteiger charge is -2.08. The average Bonchev–Trinajstić information content (AvgIpc) is 3.27. The highest BCUT2D eigenvalue weighted by molar-refractivity contribution is 7.92. The van der Waals surface area contributed by atoms with E-state index in [4.69, 9.17) is 0 Å². The zero-order valence-corrected chi connectivity index (χ0v) is 14.8. The van der Waals surface area contributed by atoms with Gasteiger partial charge in [-0.05, 0) is 30.3 Å². The number of hydrogen-bond acceptors (Lipinski definition) is 4. The minimum absolute atomic E-state index is 0.0870. The Bertz CT molecular complexity index is 1230. The monoisotopic (exact) mass is 407 g/mol. The summed E-state index contributed by atoms with van der Waals surface area (Å²) in [4.78, 5) is -0.207. The quantitative estimate of drug-likeness (QED) is 0.563. The number of nitrogens with zero attached hydrogens (tertiary/aromatic N) is 4. The van der Waals surface area contributed by atoms with E-state index in [9.17, 15) is 21.6 Å².